The fourth-order valence-corrected chi connectivity index (χ4v) is 2.82. The molecule has 1 atom stereocenters. The summed E-state index contributed by atoms with van der Waals surface area (Å²) in [4.78, 5) is 21.2. The fourth-order valence-electron chi connectivity index (χ4n) is 2.08. The molecule has 0 saturated carbocycles. The van der Waals surface area contributed by atoms with Gasteiger partial charge in [-0.15, -0.1) is 11.3 Å². The lowest BCUT2D eigenvalue weighted by Gasteiger charge is -2.39. The number of hydrogen-bond acceptors (Lipinski definition) is 5. The first-order valence-corrected chi connectivity index (χ1v) is 6.55. The minimum absolute atomic E-state index is 0.0687. The third kappa shape index (κ3) is 2.65. The van der Waals surface area contributed by atoms with Crippen LogP contribution in [0.4, 0.5) is 0 Å². The molecular formula is C11H18N4OS. The molecule has 2 heterocycles. The molecule has 6 heteroatoms. The SMILES string of the molecule is Cc1ncc(C(=O)N2CCN(C)CC2CN)s1. The van der Waals surface area contributed by atoms with Gasteiger partial charge in [0.2, 0.25) is 0 Å². The number of likely N-dealkylation sites (N-methyl/N-ethyl adjacent to an activating group) is 1. The molecule has 1 aliphatic heterocycles. The van der Waals surface area contributed by atoms with Gasteiger partial charge in [-0.1, -0.05) is 0 Å². The maximum Gasteiger partial charge on any atom is 0.265 e. The Labute approximate surface area is 105 Å². The van der Waals surface area contributed by atoms with Crippen molar-refractivity contribution in [2.75, 3.05) is 33.2 Å². The number of thiazole rings is 1. The highest BCUT2D eigenvalue weighted by Gasteiger charge is 2.29. The first kappa shape index (κ1) is 12.5. The average molecular weight is 254 g/mol. The van der Waals surface area contributed by atoms with Gasteiger partial charge in [0.05, 0.1) is 17.2 Å². The number of piperazine rings is 1. The van der Waals surface area contributed by atoms with E-state index < -0.39 is 0 Å². The summed E-state index contributed by atoms with van der Waals surface area (Å²) in [6.45, 7) is 4.91. The summed E-state index contributed by atoms with van der Waals surface area (Å²) < 4.78 is 0. The topological polar surface area (TPSA) is 62.5 Å². The van der Waals surface area contributed by atoms with E-state index in [9.17, 15) is 4.79 Å². The highest BCUT2D eigenvalue weighted by molar-refractivity contribution is 7.13. The molecule has 0 aliphatic carbocycles. The van der Waals surface area contributed by atoms with Gasteiger partial charge in [0.15, 0.2) is 0 Å². The minimum atomic E-state index is 0.0687. The second kappa shape index (κ2) is 5.12. The predicted octanol–water partition coefficient (Wildman–Crippen LogP) is 0.166. The van der Waals surface area contributed by atoms with Crippen LogP contribution >= 0.6 is 11.3 Å². The molecule has 0 bridgehead atoms. The van der Waals surface area contributed by atoms with Crippen LogP contribution in [-0.2, 0) is 0 Å². The van der Waals surface area contributed by atoms with Crippen LogP contribution in [-0.4, -0.2) is 60.0 Å². The molecule has 2 rings (SSSR count). The fraction of sp³-hybridized carbons (Fsp3) is 0.636. The van der Waals surface area contributed by atoms with Crippen LogP contribution in [0.1, 0.15) is 14.7 Å². The Morgan fingerprint density at radius 1 is 1.65 bits per heavy atom. The van der Waals surface area contributed by atoms with E-state index in [0.29, 0.717) is 11.4 Å². The number of amides is 1. The lowest BCUT2D eigenvalue weighted by molar-refractivity contribution is 0.0520. The third-order valence-corrected chi connectivity index (χ3v) is 3.95. The lowest BCUT2D eigenvalue weighted by atomic mass is 10.1. The van der Waals surface area contributed by atoms with Crippen molar-refractivity contribution in [2.24, 2.45) is 5.73 Å². The van der Waals surface area contributed by atoms with Crippen LogP contribution < -0.4 is 5.73 Å². The van der Waals surface area contributed by atoms with E-state index in [1.165, 1.54) is 11.3 Å². The Balaban J connectivity index is 2.13. The van der Waals surface area contributed by atoms with Gasteiger partial charge in [-0.3, -0.25) is 4.79 Å². The summed E-state index contributed by atoms with van der Waals surface area (Å²) in [6, 6.07) is 0.114. The zero-order valence-electron chi connectivity index (χ0n) is 10.2. The molecule has 1 amide bonds. The molecule has 1 aliphatic rings. The van der Waals surface area contributed by atoms with Crippen molar-refractivity contribution in [3.8, 4) is 0 Å². The van der Waals surface area contributed by atoms with Crippen LogP contribution in [0.3, 0.4) is 0 Å². The van der Waals surface area contributed by atoms with Crippen molar-refractivity contribution < 1.29 is 4.79 Å². The Kier molecular flexibility index (Phi) is 3.76. The van der Waals surface area contributed by atoms with Gasteiger partial charge in [0, 0.05) is 26.2 Å². The smallest absolute Gasteiger partial charge is 0.265 e. The van der Waals surface area contributed by atoms with Gasteiger partial charge in [-0.05, 0) is 14.0 Å². The molecule has 5 nitrogen and oxygen atoms in total. The normalized spacial score (nSPS) is 21.8. The molecule has 1 aromatic rings. The first-order chi connectivity index (χ1) is 8.11. The summed E-state index contributed by atoms with van der Waals surface area (Å²) >= 11 is 1.45. The largest absolute Gasteiger partial charge is 0.331 e. The van der Waals surface area contributed by atoms with Crippen LogP contribution in [0.15, 0.2) is 6.20 Å². The van der Waals surface area contributed by atoms with E-state index >= 15 is 0 Å². The van der Waals surface area contributed by atoms with E-state index in [2.05, 4.69) is 16.9 Å². The Bertz CT molecular complexity index is 406. The summed E-state index contributed by atoms with van der Waals surface area (Å²) in [5.74, 6) is 0.0687. The number of rotatable bonds is 2. The Morgan fingerprint density at radius 3 is 3.00 bits per heavy atom. The first-order valence-electron chi connectivity index (χ1n) is 5.74. The lowest BCUT2D eigenvalue weighted by Crippen LogP contribution is -2.56. The number of carbonyl (C=O) groups is 1. The summed E-state index contributed by atoms with van der Waals surface area (Å²) in [7, 11) is 2.06. The predicted molar refractivity (Wildman–Crippen MR) is 68.2 cm³/mol. The van der Waals surface area contributed by atoms with Crippen molar-refractivity contribution in [3.63, 3.8) is 0 Å². The molecule has 17 heavy (non-hydrogen) atoms. The highest BCUT2D eigenvalue weighted by Crippen LogP contribution is 2.17. The highest BCUT2D eigenvalue weighted by atomic mass is 32.1. The molecule has 94 valence electrons. The van der Waals surface area contributed by atoms with Gasteiger partial charge in [0.25, 0.3) is 5.91 Å². The molecule has 2 N–H and O–H groups in total. The van der Waals surface area contributed by atoms with E-state index in [0.717, 1.165) is 24.6 Å². The molecule has 0 aromatic carbocycles. The number of nitrogens with zero attached hydrogens (tertiary/aromatic N) is 3. The van der Waals surface area contributed by atoms with Gasteiger partial charge in [-0.2, -0.15) is 0 Å². The van der Waals surface area contributed by atoms with Crippen LogP contribution in [0.5, 0.6) is 0 Å². The van der Waals surface area contributed by atoms with Crippen LogP contribution in [0.25, 0.3) is 0 Å². The van der Waals surface area contributed by atoms with Crippen LogP contribution in [0.2, 0.25) is 0 Å². The van der Waals surface area contributed by atoms with Crippen molar-refractivity contribution in [1.82, 2.24) is 14.8 Å². The number of aryl methyl sites for hydroxylation is 1. The average Bonchev–Trinajstić information content (AvgIpc) is 2.75. The maximum absolute atomic E-state index is 12.3. The van der Waals surface area contributed by atoms with Crippen molar-refractivity contribution >= 4 is 17.2 Å². The summed E-state index contributed by atoms with van der Waals surface area (Å²) in [5.41, 5.74) is 5.74. The molecular weight excluding hydrogens is 236 g/mol. The third-order valence-electron chi connectivity index (χ3n) is 3.05. The molecule has 1 unspecified atom stereocenters. The van der Waals surface area contributed by atoms with E-state index in [-0.39, 0.29) is 11.9 Å². The number of hydrogen-bond donors (Lipinski definition) is 1. The maximum atomic E-state index is 12.3. The Morgan fingerprint density at radius 2 is 2.41 bits per heavy atom. The van der Waals surface area contributed by atoms with Gasteiger partial charge in [0.1, 0.15) is 4.88 Å². The van der Waals surface area contributed by atoms with E-state index in [1.807, 2.05) is 11.8 Å². The molecule has 1 fully saturated rings. The molecule has 1 aromatic heterocycles. The van der Waals surface area contributed by atoms with Crippen molar-refractivity contribution in [2.45, 2.75) is 13.0 Å². The quantitative estimate of drug-likeness (QED) is 0.817. The number of aromatic nitrogens is 1. The van der Waals surface area contributed by atoms with Gasteiger partial charge < -0.3 is 15.5 Å². The van der Waals surface area contributed by atoms with Crippen LogP contribution in [0, 0.1) is 6.92 Å². The monoisotopic (exact) mass is 254 g/mol. The zero-order chi connectivity index (χ0) is 12.4. The van der Waals surface area contributed by atoms with Gasteiger partial charge >= 0.3 is 0 Å². The number of nitrogens with two attached hydrogens (primary N) is 1. The van der Waals surface area contributed by atoms with E-state index in [4.69, 9.17) is 5.73 Å². The molecule has 1 saturated heterocycles. The van der Waals surface area contributed by atoms with E-state index in [1.54, 1.807) is 6.20 Å². The molecule has 0 spiro atoms. The second-order valence-corrected chi connectivity index (χ2v) is 5.63. The minimum Gasteiger partial charge on any atom is -0.331 e. The summed E-state index contributed by atoms with van der Waals surface area (Å²) in [5, 5.41) is 0.923. The molecule has 0 radical (unpaired) electrons. The second-order valence-electron chi connectivity index (χ2n) is 4.39. The Hall–Kier alpha value is -0.980. The standard InChI is InChI=1S/C11H18N4OS/c1-8-13-6-10(17-8)11(16)15-4-3-14(2)7-9(15)5-12/h6,9H,3-5,7,12H2,1-2H3. The zero-order valence-corrected chi connectivity index (χ0v) is 11.0. The van der Waals surface area contributed by atoms with Crippen molar-refractivity contribution in [3.05, 3.63) is 16.1 Å². The number of carbonyl (C=O) groups excluding carboxylic acids is 1. The summed E-state index contributed by atoms with van der Waals surface area (Å²) in [6.07, 6.45) is 1.66. The van der Waals surface area contributed by atoms with Gasteiger partial charge in [-0.25, -0.2) is 4.98 Å². The van der Waals surface area contributed by atoms with Crippen molar-refractivity contribution in [1.29, 1.82) is 0 Å².